The van der Waals surface area contributed by atoms with Gasteiger partial charge in [0.15, 0.2) is 0 Å². The summed E-state index contributed by atoms with van der Waals surface area (Å²) in [5, 5.41) is 0. The van der Waals surface area contributed by atoms with Gasteiger partial charge >= 0.3 is 0 Å². The minimum absolute atomic E-state index is 0.262. The lowest BCUT2D eigenvalue weighted by atomic mass is 10.1. The van der Waals surface area contributed by atoms with Crippen molar-refractivity contribution in [1.82, 2.24) is 15.4 Å². The second kappa shape index (κ2) is 6.65. The van der Waals surface area contributed by atoms with E-state index in [9.17, 15) is 0 Å². The van der Waals surface area contributed by atoms with Crippen LogP contribution in [0.1, 0.15) is 32.5 Å². The summed E-state index contributed by atoms with van der Waals surface area (Å²) in [5.41, 5.74) is 2.97. The van der Waals surface area contributed by atoms with Gasteiger partial charge in [-0.1, -0.05) is 0 Å². The number of hydrogen-bond acceptors (Lipinski definition) is 7. The zero-order valence-corrected chi connectivity index (χ0v) is 12.1. The Kier molecular flexibility index (Phi) is 5.46. The first kappa shape index (κ1) is 15.6. The van der Waals surface area contributed by atoms with Gasteiger partial charge in [0.1, 0.15) is 5.69 Å². The van der Waals surface area contributed by atoms with Crippen LogP contribution in [0.25, 0.3) is 0 Å². The van der Waals surface area contributed by atoms with Gasteiger partial charge in [-0.05, 0) is 20.8 Å². The summed E-state index contributed by atoms with van der Waals surface area (Å²) in [5.74, 6) is 6.29. The summed E-state index contributed by atoms with van der Waals surface area (Å²) in [6.07, 6.45) is 1.51. The minimum atomic E-state index is -0.312. The average Bonchev–Trinajstić information content (AvgIpc) is 2.38. The number of nitrogens with one attached hydrogen (secondary N) is 1. The van der Waals surface area contributed by atoms with E-state index in [4.69, 9.17) is 20.1 Å². The van der Waals surface area contributed by atoms with Gasteiger partial charge in [-0.2, -0.15) is 4.98 Å². The lowest BCUT2D eigenvalue weighted by Crippen LogP contribution is -2.35. The quantitative estimate of drug-likeness (QED) is 0.584. The van der Waals surface area contributed by atoms with Gasteiger partial charge in [0, 0.05) is 0 Å². The smallest absolute Gasteiger partial charge is 0.240 e. The fraction of sp³-hybridized carbons (Fsp3) is 0.667. The highest BCUT2D eigenvalue weighted by Gasteiger charge is 2.21. The molecule has 0 fully saturated rings. The Morgan fingerprint density at radius 3 is 2.47 bits per heavy atom. The molecule has 0 aliphatic heterocycles. The SMILES string of the molecule is COc1cnc(C(COC(C)(C)C)NN)c(OC)n1. The zero-order valence-electron chi connectivity index (χ0n) is 12.1. The summed E-state index contributed by atoms with van der Waals surface area (Å²) in [6.45, 7) is 6.27. The van der Waals surface area contributed by atoms with E-state index >= 15 is 0 Å². The maximum absolute atomic E-state index is 5.70. The number of rotatable bonds is 6. The fourth-order valence-electron chi connectivity index (χ4n) is 1.39. The number of nitrogens with zero attached hydrogens (tertiary/aromatic N) is 2. The summed E-state index contributed by atoms with van der Waals surface area (Å²) in [6, 6.07) is -0.312. The van der Waals surface area contributed by atoms with Crippen LogP contribution in [0.3, 0.4) is 0 Å². The van der Waals surface area contributed by atoms with Gasteiger partial charge in [0.2, 0.25) is 11.8 Å². The van der Waals surface area contributed by atoms with Gasteiger partial charge in [-0.3, -0.25) is 5.84 Å². The van der Waals surface area contributed by atoms with Crippen LogP contribution in [0.4, 0.5) is 0 Å². The number of ether oxygens (including phenoxy) is 3. The highest BCUT2D eigenvalue weighted by Crippen LogP contribution is 2.24. The molecule has 0 saturated heterocycles. The van der Waals surface area contributed by atoms with Crippen LogP contribution in [0.15, 0.2) is 6.20 Å². The summed E-state index contributed by atoms with van der Waals surface area (Å²) in [4.78, 5) is 8.42. The molecule has 1 heterocycles. The predicted molar refractivity (Wildman–Crippen MR) is 70.9 cm³/mol. The van der Waals surface area contributed by atoms with Gasteiger partial charge in [0.25, 0.3) is 0 Å². The largest absolute Gasteiger partial charge is 0.480 e. The molecule has 1 aromatic rings. The topological polar surface area (TPSA) is 91.5 Å². The monoisotopic (exact) mass is 270 g/mol. The summed E-state index contributed by atoms with van der Waals surface area (Å²) >= 11 is 0. The maximum Gasteiger partial charge on any atom is 0.240 e. The molecule has 1 aromatic heterocycles. The van der Waals surface area contributed by atoms with Gasteiger partial charge < -0.3 is 14.2 Å². The lowest BCUT2D eigenvalue weighted by Gasteiger charge is -2.24. The molecule has 7 heteroatoms. The van der Waals surface area contributed by atoms with E-state index in [1.807, 2.05) is 20.8 Å². The highest BCUT2D eigenvalue weighted by atomic mass is 16.5. The molecule has 0 radical (unpaired) electrons. The van der Waals surface area contributed by atoms with E-state index in [0.717, 1.165) is 0 Å². The third kappa shape index (κ3) is 4.62. The van der Waals surface area contributed by atoms with Crippen molar-refractivity contribution in [2.45, 2.75) is 32.4 Å². The van der Waals surface area contributed by atoms with Crippen LogP contribution in [0.5, 0.6) is 11.8 Å². The van der Waals surface area contributed by atoms with Gasteiger partial charge in [-0.15, -0.1) is 0 Å². The molecule has 3 N–H and O–H groups in total. The standard InChI is InChI=1S/C12H22N4O3/c1-12(2,3)19-7-8(16-13)10-11(18-5)15-9(17-4)6-14-10/h6,8,16H,7,13H2,1-5H3. The third-order valence-corrected chi connectivity index (χ3v) is 2.36. The molecule has 0 spiro atoms. The molecule has 0 aromatic carbocycles. The molecule has 0 amide bonds. The van der Waals surface area contributed by atoms with E-state index < -0.39 is 0 Å². The molecule has 0 aliphatic carbocycles. The molecule has 0 aliphatic rings. The van der Waals surface area contributed by atoms with Crippen molar-refractivity contribution >= 4 is 0 Å². The molecule has 1 unspecified atom stereocenters. The lowest BCUT2D eigenvalue weighted by molar-refractivity contribution is -0.0156. The van der Waals surface area contributed by atoms with Crippen molar-refractivity contribution in [3.63, 3.8) is 0 Å². The van der Waals surface area contributed by atoms with E-state index in [1.54, 1.807) is 0 Å². The Balaban J connectivity index is 2.91. The molecular formula is C12H22N4O3. The molecule has 0 bridgehead atoms. The predicted octanol–water partition coefficient (Wildman–Crippen LogP) is 0.813. The summed E-state index contributed by atoms with van der Waals surface area (Å²) < 4.78 is 15.9. The first-order valence-corrected chi connectivity index (χ1v) is 5.96. The van der Waals surface area contributed by atoms with Crippen LogP contribution in [-0.2, 0) is 4.74 Å². The zero-order chi connectivity index (χ0) is 14.5. The molecule has 19 heavy (non-hydrogen) atoms. The maximum atomic E-state index is 5.70. The number of methoxy groups -OCH3 is 2. The first-order valence-electron chi connectivity index (χ1n) is 5.96. The second-order valence-corrected chi connectivity index (χ2v) is 4.95. The normalized spacial score (nSPS) is 13.2. The van der Waals surface area contributed by atoms with Crippen molar-refractivity contribution in [3.05, 3.63) is 11.9 Å². The molecule has 0 saturated carbocycles. The molecule has 7 nitrogen and oxygen atoms in total. The average molecular weight is 270 g/mol. The Labute approximate surface area is 113 Å². The molecular weight excluding hydrogens is 248 g/mol. The van der Waals surface area contributed by atoms with E-state index in [2.05, 4.69) is 15.4 Å². The number of hydrogen-bond donors (Lipinski definition) is 2. The van der Waals surface area contributed by atoms with Crippen molar-refractivity contribution in [1.29, 1.82) is 0 Å². The van der Waals surface area contributed by atoms with Crippen molar-refractivity contribution < 1.29 is 14.2 Å². The Hall–Kier alpha value is -1.44. The highest BCUT2D eigenvalue weighted by molar-refractivity contribution is 5.25. The van der Waals surface area contributed by atoms with Gasteiger partial charge in [-0.25, -0.2) is 10.4 Å². The first-order chi connectivity index (χ1) is 8.91. The molecule has 108 valence electrons. The third-order valence-electron chi connectivity index (χ3n) is 2.36. The van der Waals surface area contributed by atoms with Crippen LogP contribution in [-0.4, -0.2) is 36.4 Å². The van der Waals surface area contributed by atoms with Crippen molar-refractivity contribution in [2.24, 2.45) is 5.84 Å². The van der Waals surface area contributed by atoms with Crippen molar-refractivity contribution in [2.75, 3.05) is 20.8 Å². The second-order valence-electron chi connectivity index (χ2n) is 4.95. The van der Waals surface area contributed by atoms with Gasteiger partial charge in [0.05, 0.1) is 38.7 Å². The van der Waals surface area contributed by atoms with E-state index in [-0.39, 0.29) is 11.6 Å². The van der Waals surface area contributed by atoms with E-state index in [1.165, 1.54) is 20.4 Å². The Morgan fingerprint density at radius 2 is 2.00 bits per heavy atom. The van der Waals surface area contributed by atoms with E-state index in [0.29, 0.717) is 24.1 Å². The summed E-state index contributed by atoms with van der Waals surface area (Å²) in [7, 11) is 3.04. The Morgan fingerprint density at radius 1 is 1.32 bits per heavy atom. The fourth-order valence-corrected chi connectivity index (χ4v) is 1.39. The Bertz CT molecular complexity index is 406. The van der Waals surface area contributed by atoms with Crippen LogP contribution < -0.4 is 20.7 Å². The minimum Gasteiger partial charge on any atom is -0.480 e. The van der Waals surface area contributed by atoms with Crippen LogP contribution >= 0.6 is 0 Å². The number of hydrazine groups is 1. The van der Waals surface area contributed by atoms with Crippen LogP contribution in [0.2, 0.25) is 0 Å². The molecule has 1 atom stereocenters. The number of nitrogens with two attached hydrogens (primary N) is 1. The van der Waals surface area contributed by atoms with Crippen LogP contribution in [0, 0.1) is 0 Å². The van der Waals surface area contributed by atoms with Crippen molar-refractivity contribution in [3.8, 4) is 11.8 Å². The molecule has 1 rings (SSSR count). The number of aromatic nitrogens is 2.